The van der Waals surface area contributed by atoms with Gasteiger partial charge in [-0.05, 0) is 42.8 Å². The van der Waals surface area contributed by atoms with E-state index in [1.807, 2.05) is 36.7 Å². The van der Waals surface area contributed by atoms with Gasteiger partial charge in [0.25, 0.3) is 0 Å². The lowest BCUT2D eigenvalue weighted by molar-refractivity contribution is 0.684. The first kappa shape index (κ1) is 15.6. The third-order valence-electron chi connectivity index (χ3n) is 3.28. The molecule has 0 amide bonds. The maximum absolute atomic E-state index is 6.16. The second-order valence-corrected chi connectivity index (χ2v) is 6.82. The normalized spacial score (nSPS) is 11.0. The highest BCUT2D eigenvalue weighted by molar-refractivity contribution is 7.15. The third-order valence-corrected chi connectivity index (χ3v) is 4.90. The molecule has 114 valence electrons. The van der Waals surface area contributed by atoms with Crippen LogP contribution >= 0.6 is 34.5 Å². The number of hydrogen-bond acceptors (Lipinski definition) is 3. The van der Waals surface area contributed by atoms with Crippen LogP contribution in [0.1, 0.15) is 10.6 Å². The van der Waals surface area contributed by atoms with Crippen LogP contribution < -0.4 is 5.32 Å². The lowest BCUT2D eigenvalue weighted by Gasteiger charge is -2.05. The molecule has 22 heavy (non-hydrogen) atoms. The van der Waals surface area contributed by atoms with Crippen molar-refractivity contribution in [1.29, 1.82) is 0 Å². The first-order valence-corrected chi connectivity index (χ1v) is 8.53. The van der Waals surface area contributed by atoms with Gasteiger partial charge in [-0.15, -0.1) is 11.3 Å². The van der Waals surface area contributed by atoms with Crippen molar-refractivity contribution in [3.8, 4) is 10.6 Å². The number of rotatable bonds is 6. The summed E-state index contributed by atoms with van der Waals surface area (Å²) >= 11 is 13.7. The Morgan fingerprint density at radius 2 is 2.14 bits per heavy atom. The van der Waals surface area contributed by atoms with Crippen molar-refractivity contribution in [2.45, 2.75) is 13.0 Å². The van der Waals surface area contributed by atoms with Gasteiger partial charge in [0, 0.05) is 29.0 Å². The number of H-pyrrole nitrogens is 1. The lowest BCUT2D eigenvalue weighted by Crippen LogP contribution is -2.16. The van der Waals surface area contributed by atoms with E-state index in [9.17, 15) is 0 Å². The Morgan fingerprint density at radius 1 is 1.23 bits per heavy atom. The van der Waals surface area contributed by atoms with Crippen molar-refractivity contribution < 1.29 is 0 Å². The van der Waals surface area contributed by atoms with Gasteiger partial charge in [0.2, 0.25) is 0 Å². The summed E-state index contributed by atoms with van der Waals surface area (Å²) in [6, 6.07) is 9.66. The van der Waals surface area contributed by atoms with Crippen LogP contribution in [0.25, 0.3) is 10.6 Å². The molecule has 1 aromatic carbocycles. The minimum absolute atomic E-state index is 0.668. The number of aromatic amines is 1. The van der Waals surface area contributed by atoms with E-state index >= 15 is 0 Å². The molecule has 0 saturated carbocycles. The van der Waals surface area contributed by atoms with Crippen LogP contribution in [0.15, 0.2) is 42.7 Å². The van der Waals surface area contributed by atoms with Gasteiger partial charge >= 0.3 is 0 Å². The summed E-state index contributed by atoms with van der Waals surface area (Å²) in [7, 11) is 0. The first-order chi connectivity index (χ1) is 10.7. The molecule has 0 saturated heterocycles. The van der Waals surface area contributed by atoms with Gasteiger partial charge in [-0.25, -0.2) is 4.98 Å². The second-order valence-electron chi connectivity index (χ2n) is 4.86. The summed E-state index contributed by atoms with van der Waals surface area (Å²) in [5.74, 6) is 0. The number of nitrogens with one attached hydrogen (secondary N) is 2. The van der Waals surface area contributed by atoms with Crippen molar-refractivity contribution in [3.05, 3.63) is 63.3 Å². The van der Waals surface area contributed by atoms with Crippen LogP contribution in [0.5, 0.6) is 0 Å². The number of aromatic nitrogens is 2. The predicted octanol–water partition coefficient (Wildman–Crippen LogP) is 4.78. The zero-order chi connectivity index (χ0) is 15.4. The topological polar surface area (TPSA) is 40.7 Å². The monoisotopic (exact) mass is 351 g/mol. The zero-order valence-electron chi connectivity index (χ0n) is 11.8. The summed E-state index contributed by atoms with van der Waals surface area (Å²) < 4.78 is 0. The van der Waals surface area contributed by atoms with E-state index in [-0.39, 0.29) is 0 Å². The number of halogens is 2. The third kappa shape index (κ3) is 3.90. The Hall–Kier alpha value is -1.33. The van der Waals surface area contributed by atoms with Gasteiger partial charge in [-0.2, -0.15) is 0 Å². The number of benzene rings is 1. The maximum Gasteiger partial charge on any atom is 0.107 e. The highest BCUT2D eigenvalue weighted by Crippen LogP contribution is 2.24. The zero-order valence-corrected chi connectivity index (χ0v) is 14.1. The molecule has 0 radical (unpaired) electrons. The number of hydrogen-bond donors (Lipinski definition) is 2. The fourth-order valence-electron chi connectivity index (χ4n) is 2.14. The van der Waals surface area contributed by atoms with Crippen molar-refractivity contribution in [2.75, 3.05) is 6.54 Å². The molecule has 0 spiro atoms. The maximum atomic E-state index is 6.16. The minimum Gasteiger partial charge on any atom is -0.360 e. The Balaban J connectivity index is 1.49. The average Bonchev–Trinajstić information content (AvgIpc) is 3.16. The van der Waals surface area contributed by atoms with Crippen LogP contribution in [0.4, 0.5) is 0 Å². The molecule has 6 heteroatoms. The molecule has 3 nitrogen and oxygen atoms in total. The van der Waals surface area contributed by atoms with E-state index in [4.69, 9.17) is 23.2 Å². The van der Waals surface area contributed by atoms with E-state index in [1.165, 1.54) is 0 Å². The molecule has 2 N–H and O–H groups in total. The molecule has 2 aromatic heterocycles. The highest BCUT2D eigenvalue weighted by atomic mass is 35.5. The molecule has 0 atom stereocenters. The van der Waals surface area contributed by atoms with Crippen LogP contribution in [-0.2, 0) is 13.0 Å². The first-order valence-electron chi connectivity index (χ1n) is 6.95. The second kappa shape index (κ2) is 7.29. The van der Waals surface area contributed by atoms with Gasteiger partial charge in [0.1, 0.15) is 5.01 Å². The summed E-state index contributed by atoms with van der Waals surface area (Å²) in [5.41, 5.74) is 2.21. The summed E-state index contributed by atoms with van der Waals surface area (Å²) in [6.45, 7) is 1.61. The largest absolute Gasteiger partial charge is 0.360 e. The highest BCUT2D eigenvalue weighted by Gasteiger charge is 2.05. The molecule has 2 heterocycles. The molecule has 0 aliphatic carbocycles. The van der Waals surface area contributed by atoms with Gasteiger partial charge in [0.05, 0.1) is 10.6 Å². The number of nitrogens with zero attached hydrogens (tertiary/aromatic N) is 1. The molecule has 3 aromatic rings. The van der Waals surface area contributed by atoms with E-state index in [2.05, 4.69) is 15.3 Å². The van der Waals surface area contributed by atoms with E-state index in [1.54, 1.807) is 17.4 Å². The van der Waals surface area contributed by atoms with Crippen molar-refractivity contribution in [2.24, 2.45) is 0 Å². The Kier molecular flexibility index (Phi) is 5.16. The lowest BCUT2D eigenvalue weighted by atomic mass is 10.1. The van der Waals surface area contributed by atoms with Crippen molar-refractivity contribution in [1.82, 2.24) is 15.3 Å². The van der Waals surface area contributed by atoms with Crippen molar-refractivity contribution in [3.63, 3.8) is 0 Å². The standard InChI is InChI=1S/C16H15Cl2N3S/c17-12-4-3-11(13(18)8-12)5-7-19-10-16-21-9-15(22-16)14-2-1-6-20-14/h1-4,6,8-9,19-20H,5,7,10H2. The molecule has 0 aliphatic heterocycles. The van der Waals surface area contributed by atoms with Crippen molar-refractivity contribution >= 4 is 34.5 Å². The van der Waals surface area contributed by atoms with Crippen LogP contribution in [-0.4, -0.2) is 16.5 Å². The van der Waals surface area contributed by atoms with Crippen LogP contribution in [0.3, 0.4) is 0 Å². The van der Waals surface area contributed by atoms with Crippen LogP contribution in [0.2, 0.25) is 10.0 Å². The molecule has 0 unspecified atom stereocenters. The van der Waals surface area contributed by atoms with Crippen LogP contribution in [0, 0.1) is 0 Å². The Morgan fingerprint density at radius 3 is 2.91 bits per heavy atom. The van der Waals surface area contributed by atoms with Gasteiger partial charge < -0.3 is 10.3 Å². The molecule has 0 fully saturated rings. The summed E-state index contributed by atoms with van der Waals surface area (Å²) in [4.78, 5) is 8.78. The van der Waals surface area contributed by atoms with Gasteiger partial charge in [-0.3, -0.25) is 0 Å². The average molecular weight is 352 g/mol. The summed E-state index contributed by atoms with van der Waals surface area (Å²) in [6.07, 6.45) is 4.69. The van der Waals surface area contributed by atoms with E-state index < -0.39 is 0 Å². The molecule has 0 aliphatic rings. The smallest absolute Gasteiger partial charge is 0.107 e. The molecular weight excluding hydrogens is 337 g/mol. The van der Waals surface area contributed by atoms with Gasteiger partial charge in [-0.1, -0.05) is 29.3 Å². The quantitative estimate of drug-likeness (QED) is 0.627. The number of thiazole rings is 1. The SMILES string of the molecule is Clc1ccc(CCNCc2ncc(-c3ccc[nH]3)s2)c(Cl)c1. The summed E-state index contributed by atoms with van der Waals surface area (Å²) in [5, 5.41) is 5.86. The molecule has 3 rings (SSSR count). The van der Waals surface area contributed by atoms with E-state index in [0.717, 1.165) is 45.7 Å². The van der Waals surface area contributed by atoms with E-state index in [0.29, 0.717) is 5.02 Å². The fraction of sp³-hybridized carbons (Fsp3) is 0.188. The Labute approximate surface area is 143 Å². The minimum atomic E-state index is 0.668. The predicted molar refractivity (Wildman–Crippen MR) is 93.8 cm³/mol. The molecule has 0 bridgehead atoms. The Bertz CT molecular complexity index is 738. The molecular formula is C16H15Cl2N3S. The van der Waals surface area contributed by atoms with Gasteiger partial charge in [0.15, 0.2) is 0 Å². The fourth-order valence-corrected chi connectivity index (χ4v) is 3.52.